The third-order valence-electron chi connectivity index (χ3n) is 4.88. The molecule has 136 valence electrons. The quantitative estimate of drug-likeness (QED) is 0.803. The fourth-order valence-corrected chi connectivity index (χ4v) is 3.52. The Kier molecular flexibility index (Phi) is 4.86. The summed E-state index contributed by atoms with van der Waals surface area (Å²) in [7, 11) is 0. The number of rotatable bonds is 2. The molecule has 2 aromatic rings. The van der Waals surface area contributed by atoms with Crippen molar-refractivity contribution in [3.05, 3.63) is 57.8 Å². The van der Waals surface area contributed by atoms with Gasteiger partial charge in [-0.3, -0.25) is 9.36 Å². The number of benzene rings is 1. The highest BCUT2D eigenvalue weighted by Gasteiger charge is 2.42. The highest BCUT2D eigenvalue weighted by atomic mass is 19.4. The normalized spacial score (nSPS) is 20.6. The van der Waals surface area contributed by atoms with E-state index in [0.717, 1.165) is 0 Å². The van der Waals surface area contributed by atoms with Gasteiger partial charge in [0.25, 0.3) is 5.56 Å². The van der Waals surface area contributed by atoms with Crippen LogP contribution in [-0.4, -0.2) is 15.7 Å². The topological polar surface area (TPSA) is 58.7 Å². The lowest BCUT2D eigenvalue weighted by molar-refractivity contribution is -0.182. The molecule has 1 fully saturated rings. The van der Waals surface area contributed by atoms with Crippen LogP contribution in [0.4, 0.5) is 13.2 Å². The van der Waals surface area contributed by atoms with E-state index in [1.807, 2.05) is 6.07 Å². The summed E-state index contributed by atoms with van der Waals surface area (Å²) in [6.45, 7) is 1.70. The second kappa shape index (κ2) is 6.94. The van der Waals surface area contributed by atoms with Crippen LogP contribution in [-0.2, 0) is 0 Å². The standard InChI is InChI=1S/C19H18F3N3O/c1-12-10-17(26)25(16-8-2-13(11-23)3-9-16)18(24-12)14-4-6-15(7-5-14)19(20,21)22/h2-3,8-10,14-15H,4-7H2,1H3. The summed E-state index contributed by atoms with van der Waals surface area (Å²) in [4.78, 5) is 17.0. The molecule has 1 heterocycles. The molecule has 1 aromatic carbocycles. The Hall–Kier alpha value is -2.62. The molecule has 0 unspecified atom stereocenters. The van der Waals surface area contributed by atoms with Crippen LogP contribution in [0.5, 0.6) is 0 Å². The molecule has 0 spiro atoms. The zero-order valence-corrected chi connectivity index (χ0v) is 14.3. The molecule has 1 aliphatic carbocycles. The van der Waals surface area contributed by atoms with E-state index >= 15 is 0 Å². The van der Waals surface area contributed by atoms with Crippen LogP contribution in [0.3, 0.4) is 0 Å². The first-order valence-corrected chi connectivity index (χ1v) is 8.47. The Morgan fingerprint density at radius 3 is 2.31 bits per heavy atom. The third kappa shape index (κ3) is 3.64. The van der Waals surface area contributed by atoms with Gasteiger partial charge in [-0.15, -0.1) is 0 Å². The van der Waals surface area contributed by atoms with Gasteiger partial charge in [0, 0.05) is 17.7 Å². The zero-order valence-electron chi connectivity index (χ0n) is 14.3. The Morgan fingerprint density at radius 2 is 1.77 bits per heavy atom. The van der Waals surface area contributed by atoms with Gasteiger partial charge in [0.05, 0.1) is 23.2 Å². The van der Waals surface area contributed by atoms with Gasteiger partial charge in [0.1, 0.15) is 5.82 Å². The van der Waals surface area contributed by atoms with Crippen molar-refractivity contribution in [1.82, 2.24) is 9.55 Å². The summed E-state index contributed by atoms with van der Waals surface area (Å²) in [5.41, 5.74) is 1.31. The summed E-state index contributed by atoms with van der Waals surface area (Å²) >= 11 is 0. The van der Waals surface area contributed by atoms with Gasteiger partial charge in [-0.05, 0) is 56.9 Å². The van der Waals surface area contributed by atoms with Crippen LogP contribution >= 0.6 is 0 Å². The first-order chi connectivity index (χ1) is 12.3. The van der Waals surface area contributed by atoms with Crippen LogP contribution in [0.2, 0.25) is 0 Å². The monoisotopic (exact) mass is 361 g/mol. The molecule has 1 saturated carbocycles. The van der Waals surface area contributed by atoms with Gasteiger partial charge >= 0.3 is 6.18 Å². The van der Waals surface area contributed by atoms with Crippen molar-refractivity contribution < 1.29 is 13.2 Å². The SMILES string of the molecule is Cc1cc(=O)n(-c2ccc(C#N)cc2)c(C2CCC(C(F)(F)F)CC2)n1. The lowest BCUT2D eigenvalue weighted by Gasteiger charge is -2.30. The fourth-order valence-electron chi connectivity index (χ4n) is 3.52. The van der Waals surface area contributed by atoms with Crippen molar-refractivity contribution in [1.29, 1.82) is 5.26 Å². The molecular weight excluding hydrogens is 343 g/mol. The maximum atomic E-state index is 12.9. The summed E-state index contributed by atoms with van der Waals surface area (Å²) in [5.74, 6) is -0.976. The van der Waals surface area contributed by atoms with Gasteiger partial charge in [-0.2, -0.15) is 18.4 Å². The van der Waals surface area contributed by atoms with Gasteiger partial charge in [0.2, 0.25) is 0 Å². The first kappa shape index (κ1) is 18.2. The average molecular weight is 361 g/mol. The second-order valence-electron chi connectivity index (χ2n) is 6.68. The Labute approximate surface area is 148 Å². The minimum absolute atomic E-state index is 0.0470. The van der Waals surface area contributed by atoms with E-state index < -0.39 is 12.1 Å². The molecule has 0 amide bonds. The molecule has 1 aromatic heterocycles. The molecular formula is C19H18F3N3O. The number of aryl methyl sites for hydroxylation is 1. The molecule has 4 nitrogen and oxygen atoms in total. The minimum Gasteiger partial charge on any atom is -0.269 e. The second-order valence-corrected chi connectivity index (χ2v) is 6.68. The van der Waals surface area contributed by atoms with Crippen molar-refractivity contribution in [3.8, 4) is 11.8 Å². The van der Waals surface area contributed by atoms with E-state index in [2.05, 4.69) is 4.98 Å². The van der Waals surface area contributed by atoms with Crippen molar-refractivity contribution >= 4 is 0 Å². The van der Waals surface area contributed by atoms with Gasteiger partial charge in [-0.1, -0.05) is 0 Å². The summed E-state index contributed by atoms with van der Waals surface area (Å²) < 4.78 is 40.2. The van der Waals surface area contributed by atoms with E-state index in [-0.39, 0.29) is 24.3 Å². The van der Waals surface area contributed by atoms with E-state index in [9.17, 15) is 18.0 Å². The van der Waals surface area contributed by atoms with Crippen LogP contribution in [0.1, 0.15) is 48.7 Å². The van der Waals surface area contributed by atoms with Crippen LogP contribution in [0.25, 0.3) is 5.69 Å². The largest absolute Gasteiger partial charge is 0.391 e. The number of alkyl halides is 3. The van der Waals surface area contributed by atoms with Crippen molar-refractivity contribution in [3.63, 3.8) is 0 Å². The number of nitriles is 1. The highest BCUT2D eigenvalue weighted by Crippen LogP contribution is 2.42. The molecule has 0 radical (unpaired) electrons. The predicted molar refractivity (Wildman–Crippen MR) is 90.0 cm³/mol. The van der Waals surface area contributed by atoms with Crippen LogP contribution < -0.4 is 5.56 Å². The van der Waals surface area contributed by atoms with Gasteiger partial charge in [0.15, 0.2) is 0 Å². The zero-order chi connectivity index (χ0) is 18.9. The summed E-state index contributed by atoms with van der Waals surface area (Å²) in [6.07, 6.45) is -3.39. The average Bonchev–Trinajstić information content (AvgIpc) is 2.61. The smallest absolute Gasteiger partial charge is 0.269 e. The third-order valence-corrected chi connectivity index (χ3v) is 4.88. The van der Waals surface area contributed by atoms with Crippen molar-refractivity contribution in [2.75, 3.05) is 0 Å². The Morgan fingerprint density at radius 1 is 1.15 bits per heavy atom. The van der Waals surface area contributed by atoms with Crippen molar-refractivity contribution in [2.45, 2.75) is 44.7 Å². The Bertz CT molecular complexity index is 886. The van der Waals surface area contributed by atoms with E-state index in [4.69, 9.17) is 5.26 Å². The number of hydrogen-bond donors (Lipinski definition) is 0. The van der Waals surface area contributed by atoms with Crippen LogP contribution in [0, 0.1) is 24.2 Å². The van der Waals surface area contributed by atoms with E-state index in [1.54, 1.807) is 31.2 Å². The molecule has 0 saturated heterocycles. The number of aromatic nitrogens is 2. The molecule has 0 bridgehead atoms. The lowest BCUT2D eigenvalue weighted by atomic mass is 9.81. The summed E-state index contributed by atoms with van der Waals surface area (Å²) in [6, 6.07) is 9.94. The van der Waals surface area contributed by atoms with Crippen LogP contribution in [0.15, 0.2) is 35.1 Å². The Balaban J connectivity index is 1.97. The highest BCUT2D eigenvalue weighted by molar-refractivity contribution is 5.40. The van der Waals surface area contributed by atoms with Gasteiger partial charge in [-0.25, -0.2) is 4.98 Å². The molecule has 0 atom stereocenters. The molecule has 7 heteroatoms. The van der Waals surface area contributed by atoms with Crippen molar-refractivity contribution in [2.24, 2.45) is 5.92 Å². The van der Waals surface area contributed by atoms with E-state index in [0.29, 0.717) is 35.6 Å². The molecule has 0 N–H and O–H groups in total. The summed E-state index contributed by atoms with van der Waals surface area (Å²) in [5, 5.41) is 8.92. The maximum absolute atomic E-state index is 12.9. The fraction of sp³-hybridized carbons (Fsp3) is 0.421. The first-order valence-electron chi connectivity index (χ1n) is 8.47. The molecule has 3 rings (SSSR count). The molecule has 1 aliphatic rings. The number of hydrogen-bond acceptors (Lipinski definition) is 3. The maximum Gasteiger partial charge on any atom is 0.391 e. The number of halogens is 3. The predicted octanol–water partition coefficient (Wildman–Crippen LogP) is 4.25. The lowest BCUT2D eigenvalue weighted by Crippen LogP contribution is -2.30. The van der Waals surface area contributed by atoms with Gasteiger partial charge < -0.3 is 0 Å². The van der Waals surface area contributed by atoms with E-state index in [1.165, 1.54) is 10.6 Å². The molecule has 26 heavy (non-hydrogen) atoms. The number of nitrogens with zero attached hydrogens (tertiary/aromatic N) is 3. The molecule has 0 aliphatic heterocycles. The minimum atomic E-state index is -4.17.